The Morgan fingerprint density at radius 1 is 1.27 bits per heavy atom. The third kappa shape index (κ3) is 5.28. The van der Waals surface area contributed by atoms with Crippen LogP contribution in [0, 0.1) is 29.1 Å². The molecule has 13 heteroatoms. The zero-order valence-corrected chi connectivity index (χ0v) is 26.3. The van der Waals surface area contributed by atoms with Crippen LogP contribution in [0.25, 0.3) is 4.91 Å². The Morgan fingerprint density at radius 2 is 1.96 bits per heavy atom. The van der Waals surface area contributed by atoms with Crippen LogP contribution in [0.4, 0.5) is 4.79 Å². The molecular weight excluding hydrogens is 600 g/mol. The van der Waals surface area contributed by atoms with Crippen LogP contribution in [-0.2, 0) is 14.3 Å². The highest BCUT2D eigenvalue weighted by atomic mass is 32.2. The van der Waals surface area contributed by atoms with Gasteiger partial charge in [-0.25, -0.2) is 19.5 Å². The molecule has 45 heavy (non-hydrogen) atoms. The van der Waals surface area contributed by atoms with Gasteiger partial charge in [-0.15, -0.1) is 0 Å². The van der Waals surface area contributed by atoms with Gasteiger partial charge in [-0.3, -0.25) is 4.79 Å². The van der Waals surface area contributed by atoms with E-state index >= 15 is 0 Å². The second-order valence-corrected chi connectivity index (χ2v) is 14.0. The van der Waals surface area contributed by atoms with Gasteiger partial charge in [0.25, 0.3) is 0 Å². The molecule has 3 fully saturated rings. The molecule has 2 aliphatic carbocycles. The molecule has 2 N–H and O–H groups in total. The largest absolute Gasteiger partial charge is 0.496 e. The van der Waals surface area contributed by atoms with Gasteiger partial charge in [-0.05, 0) is 69.9 Å². The van der Waals surface area contributed by atoms with Crippen LogP contribution in [0.2, 0.25) is 0 Å². The van der Waals surface area contributed by atoms with Crippen LogP contribution < -0.4 is 4.74 Å². The van der Waals surface area contributed by atoms with Crippen molar-refractivity contribution in [2.45, 2.75) is 75.2 Å². The summed E-state index contributed by atoms with van der Waals surface area (Å²) in [5.41, 5.74) is -1.79. The van der Waals surface area contributed by atoms with E-state index in [9.17, 15) is 29.9 Å². The Morgan fingerprint density at radius 3 is 2.56 bits per heavy atom. The molecule has 4 aliphatic rings. The summed E-state index contributed by atoms with van der Waals surface area (Å²) in [6.45, 7) is 4.47. The highest BCUT2D eigenvalue weighted by Crippen LogP contribution is 2.53. The van der Waals surface area contributed by atoms with Gasteiger partial charge in [0.05, 0.1) is 48.2 Å². The maximum atomic E-state index is 14.3. The summed E-state index contributed by atoms with van der Waals surface area (Å²) < 4.78 is 18.0. The van der Waals surface area contributed by atoms with E-state index in [1.165, 1.54) is 43.0 Å². The maximum absolute atomic E-state index is 14.3. The van der Waals surface area contributed by atoms with Gasteiger partial charge in [0.15, 0.2) is 5.60 Å². The molecular formula is C32H36N4O8S. The molecule has 238 valence electrons. The number of carboxylic acid groups (broad SMARTS) is 1. The molecule has 7 atom stereocenters. The lowest BCUT2D eigenvalue weighted by Gasteiger charge is -2.47. The number of aliphatic carboxylic acids is 1. The molecule has 1 aromatic heterocycles. The van der Waals surface area contributed by atoms with E-state index in [-0.39, 0.29) is 24.5 Å². The summed E-state index contributed by atoms with van der Waals surface area (Å²) in [6.07, 6.45) is 4.13. The molecule has 3 heterocycles. The average Bonchev–Trinajstić information content (AvgIpc) is 3.78. The molecule has 1 aromatic carbocycles. The van der Waals surface area contributed by atoms with Crippen molar-refractivity contribution in [2.75, 3.05) is 13.7 Å². The third-order valence-corrected chi connectivity index (χ3v) is 11.2. The highest BCUT2D eigenvalue weighted by Gasteiger charge is 2.58. The number of aliphatic hydroxyl groups is 1. The smallest absolute Gasteiger partial charge is 0.329 e. The third-order valence-electron chi connectivity index (χ3n) is 9.70. The zero-order valence-electron chi connectivity index (χ0n) is 25.5. The van der Waals surface area contributed by atoms with Gasteiger partial charge in [0.1, 0.15) is 23.7 Å². The zero-order chi connectivity index (χ0) is 32.3. The molecule has 1 saturated heterocycles. The van der Waals surface area contributed by atoms with E-state index in [4.69, 9.17) is 13.9 Å². The summed E-state index contributed by atoms with van der Waals surface area (Å²) in [5.74, 6) is -1.57. The van der Waals surface area contributed by atoms with E-state index in [2.05, 4.69) is 11.1 Å². The number of carboxylic acids is 1. The average molecular weight is 637 g/mol. The van der Waals surface area contributed by atoms with Crippen molar-refractivity contribution in [3.8, 4) is 11.8 Å². The lowest BCUT2D eigenvalue weighted by atomic mass is 9.91. The van der Waals surface area contributed by atoms with Crippen LogP contribution in [0.5, 0.6) is 5.75 Å². The first-order valence-electron chi connectivity index (χ1n) is 15.0. The second kappa shape index (κ2) is 11.5. The quantitative estimate of drug-likeness (QED) is 0.374. The molecule has 0 bridgehead atoms. The van der Waals surface area contributed by atoms with Gasteiger partial charge in [0, 0.05) is 5.56 Å². The molecule has 2 saturated carbocycles. The number of nitrogens with zero attached hydrogens (tertiary/aromatic N) is 4. The first-order valence-corrected chi connectivity index (χ1v) is 15.8. The fourth-order valence-corrected chi connectivity index (χ4v) is 8.89. The normalized spacial score (nSPS) is 30.4. The number of para-hydroxylation sites is 1. The summed E-state index contributed by atoms with van der Waals surface area (Å²) >= 11 is 1.29. The van der Waals surface area contributed by atoms with Gasteiger partial charge in [0.2, 0.25) is 11.8 Å². The highest BCUT2D eigenvalue weighted by molar-refractivity contribution is 8.09. The van der Waals surface area contributed by atoms with E-state index < -0.39 is 46.4 Å². The molecule has 12 nitrogen and oxygen atoms in total. The first-order chi connectivity index (χ1) is 21.4. The number of hydrogen-bond acceptors (Lipinski definition) is 10. The summed E-state index contributed by atoms with van der Waals surface area (Å²) in [7, 11) is 1.55. The number of carbonyl (C=O) groups excluding carboxylic acids is 2. The fraction of sp³-hybridized carbons (Fsp3) is 0.531. The van der Waals surface area contributed by atoms with Crippen LogP contribution in [-0.4, -0.2) is 79.2 Å². The Labute approximate surface area is 265 Å². The standard InChI is InChI=1S/C32H36N4O8S/c1-17-24-27(37)36(31(2,3)29(38)39)30(40)35(28(24)45-25(17)26-34-9-10-43-26)15-23(21-7-5-6-8-22(21)42-4)44-20-11-18-13-32(41,16-33)14-19(18)12-20/h5-10,18-20,23-24,28,41H,11-15H2,1-4H3,(H,38,39)/t18-,19+,20?,23?,24?,28?,32?. The topological polar surface area (TPSA) is 166 Å². The van der Waals surface area contributed by atoms with Crippen molar-refractivity contribution in [1.29, 1.82) is 5.26 Å². The number of thioether (sulfide) groups is 1. The summed E-state index contributed by atoms with van der Waals surface area (Å²) in [6, 6.07) is 8.69. The second-order valence-electron chi connectivity index (χ2n) is 12.8. The molecule has 6 rings (SSSR count). The van der Waals surface area contributed by atoms with Gasteiger partial charge >= 0.3 is 12.0 Å². The SMILES string of the molecule is COc1ccccc1C(CN1C(=O)N(C(C)(C)C(=O)O)C(=O)C2C(C)=C(c3ncco3)SC21)OC1C[C@@H]2CC(O)(C#N)C[C@@H]2C1. The Kier molecular flexibility index (Phi) is 7.95. The molecule has 3 amide bonds. The van der Waals surface area contributed by atoms with Crippen LogP contribution >= 0.6 is 11.8 Å². The number of methoxy groups -OCH3 is 1. The van der Waals surface area contributed by atoms with Crippen molar-refractivity contribution in [1.82, 2.24) is 14.8 Å². The first kappa shape index (κ1) is 31.1. The van der Waals surface area contributed by atoms with Gasteiger partial charge < -0.3 is 29.0 Å². The minimum atomic E-state index is -1.82. The van der Waals surface area contributed by atoms with Gasteiger partial charge in [-0.1, -0.05) is 30.0 Å². The predicted octanol–water partition coefficient (Wildman–Crippen LogP) is 4.43. The number of urea groups is 1. The number of hydrogen-bond donors (Lipinski definition) is 2. The molecule has 2 aromatic rings. The van der Waals surface area contributed by atoms with Crippen molar-refractivity contribution in [3.63, 3.8) is 0 Å². The van der Waals surface area contributed by atoms with Crippen molar-refractivity contribution in [3.05, 3.63) is 53.8 Å². The Balaban J connectivity index is 1.36. The van der Waals surface area contributed by atoms with Crippen LogP contribution in [0.1, 0.15) is 64.0 Å². The Hall–Kier alpha value is -3.86. The van der Waals surface area contributed by atoms with Crippen molar-refractivity contribution < 1.29 is 38.5 Å². The van der Waals surface area contributed by atoms with E-state index in [0.717, 1.165) is 4.90 Å². The number of nitriles is 1. The minimum absolute atomic E-state index is 0.00691. The number of benzene rings is 1. The molecule has 2 aliphatic heterocycles. The van der Waals surface area contributed by atoms with E-state index in [0.29, 0.717) is 53.4 Å². The van der Waals surface area contributed by atoms with Crippen molar-refractivity contribution in [2.24, 2.45) is 17.8 Å². The number of oxazole rings is 1. The van der Waals surface area contributed by atoms with E-state index in [1.54, 1.807) is 14.0 Å². The summed E-state index contributed by atoms with van der Waals surface area (Å²) in [4.78, 5) is 47.9. The van der Waals surface area contributed by atoms with Gasteiger partial charge in [-0.2, -0.15) is 5.26 Å². The molecule has 5 unspecified atom stereocenters. The number of imide groups is 1. The summed E-state index contributed by atoms with van der Waals surface area (Å²) in [5, 5.41) is 29.4. The molecule has 0 radical (unpaired) electrons. The van der Waals surface area contributed by atoms with Crippen LogP contribution in [0.15, 0.2) is 46.7 Å². The monoisotopic (exact) mass is 636 g/mol. The lowest BCUT2D eigenvalue weighted by Crippen LogP contribution is -2.67. The fourth-order valence-electron chi connectivity index (χ4n) is 7.37. The number of fused-ring (bicyclic) bond motifs is 2. The maximum Gasteiger partial charge on any atom is 0.329 e. The predicted molar refractivity (Wildman–Crippen MR) is 161 cm³/mol. The lowest BCUT2D eigenvalue weighted by molar-refractivity contribution is -0.157. The Bertz CT molecular complexity index is 1570. The number of aromatic nitrogens is 1. The van der Waals surface area contributed by atoms with E-state index in [1.807, 2.05) is 24.3 Å². The van der Waals surface area contributed by atoms with Crippen molar-refractivity contribution >= 4 is 34.6 Å². The number of ether oxygens (including phenoxy) is 2. The number of rotatable bonds is 9. The number of carbonyl (C=O) groups is 3. The minimum Gasteiger partial charge on any atom is -0.496 e. The number of amides is 3. The van der Waals surface area contributed by atoms with Crippen LogP contribution in [0.3, 0.4) is 0 Å². The molecule has 0 spiro atoms.